The lowest BCUT2D eigenvalue weighted by atomic mass is 9.86. The first-order valence-electron chi connectivity index (χ1n) is 5.24. The molecule has 1 aromatic rings. The first-order chi connectivity index (χ1) is 6.70. The molecule has 76 valence electrons. The molecular formula is C12H18N2. The van der Waals surface area contributed by atoms with Crippen molar-refractivity contribution in [3.63, 3.8) is 0 Å². The molecule has 1 aliphatic carbocycles. The van der Waals surface area contributed by atoms with Crippen molar-refractivity contribution in [2.45, 2.75) is 25.3 Å². The minimum atomic E-state index is 0.514. The summed E-state index contributed by atoms with van der Waals surface area (Å²) in [6.07, 6.45) is 3.69. The molecule has 2 nitrogen and oxygen atoms in total. The Morgan fingerprint density at radius 3 is 2.86 bits per heavy atom. The Morgan fingerprint density at radius 1 is 1.36 bits per heavy atom. The van der Waals surface area contributed by atoms with Crippen molar-refractivity contribution < 1.29 is 0 Å². The van der Waals surface area contributed by atoms with Gasteiger partial charge in [-0.05, 0) is 50.6 Å². The Bertz CT molecular complexity index is 331. The Kier molecular flexibility index (Phi) is 2.46. The summed E-state index contributed by atoms with van der Waals surface area (Å²) >= 11 is 0. The first kappa shape index (κ1) is 9.53. The lowest BCUT2D eigenvalue weighted by Gasteiger charge is -2.31. The molecule has 0 amide bonds. The van der Waals surface area contributed by atoms with Gasteiger partial charge in [-0.2, -0.15) is 0 Å². The van der Waals surface area contributed by atoms with Crippen LogP contribution in [0.3, 0.4) is 0 Å². The Labute approximate surface area is 85.7 Å². The van der Waals surface area contributed by atoms with Gasteiger partial charge >= 0.3 is 0 Å². The van der Waals surface area contributed by atoms with Crippen LogP contribution in [0.5, 0.6) is 0 Å². The summed E-state index contributed by atoms with van der Waals surface area (Å²) in [4.78, 5) is 2.27. The van der Waals surface area contributed by atoms with Crippen LogP contribution < -0.4 is 5.73 Å². The van der Waals surface area contributed by atoms with E-state index in [1.54, 1.807) is 0 Å². The van der Waals surface area contributed by atoms with Gasteiger partial charge in [0.2, 0.25) is 0 Å². The highest BCUT2D eigenvalue weighted by Gasteiger charge is 2.23. The van der Waals surface area contributed by atoms with Crippen molar-refractivity contribution in [2.24, 2.45) is 0 Å². The van der Waals surface area contributed by atoms with Crippen molar-refractivity contribution in [2.75, 3.05) is 19.8 Å². The highest BCUT2D eigenvalue weighted by Crippen LogP contribution is 2.36. The normalized spacial score (nSPS) is 20.9. The van der Waals surface area contributed by atoms with Crippen LogP contribution in [0, 0.1) is 0 Å². The highest BCUT2D eigenvalue weighted by atomic mass is 15.1. The predicted octanol–water partition coefficient (Wildman–Crippen LogP) is 2.21. The molecule has 0 aliphatic heterocycles. The average molecular weight is 190 g/mol. The number of benzene rings is 1. The molecule has 0 heterocycles. The number of nitrogen functional groups attached to an aromatic ring is 1. The zero-order chi connectivity index (χ0) is 10.1. The molecule has 0 saturated heterocycles. The Balaban J connectivity index is 2.47. The fourth-order valence-electron chi connectivity index (χ4n) is 2.40. The van der Waals surface area contributed by atoms with E-state index in [9.17, 15) is 0 Å². The van der Waals surface area contributed by atoms with Crippen LogP contribution in [0.1, 0.15) is 30.0 Å². The number of aryl methyl sites for hydroxylation is 1. The molecule has 14 heavy (non-hydrogen) atoms. The first-order valence-corrected chi connectivity index (χ1v) is 5.24. The van der Waals surface area contributed by atoms with Crippen LogP contribution in [0.2, 0.25) is 0 Å². The van der Waals surface area contributed by atoms with E-state index < -0.39 is 0 Å². The van der Waals surface area contributed by atoms with Crippen LogP contribution in [-0.2, 0) is 6.42 Å². The predicted molar refractivity (Wildman–Crippen MR) is 60.2 cm³/mol. The van der Waals surface area contributed by atoms with E-state index in [4.69, 9.17) is 5.73 Å². The minimum Gasteiger partial charge on any atom is -0.398 e. The van der Waals surface area contributed by atoms with Crippen LogP contribution in [0.4, 0.5) is 5.69 Å². The second-order valence-electron chi connectivity index (χ2n) is 4.29. The number of anilines is 1. The lowest BCUT2D eigenvalue weighted by molar-refractivity contribution is 0.269. The molecule has 1 unspecified atom stereocenters. The van der Waals surface area contributed by atoms with Gasteiger partial charge in [0.15, 0.2) is 0 Å². The number of fused-ring (bicyclic) bond motifs is 1. The zero-order valence-electron chi connectivity index (χ0n) is 8.96. The third-order valence-electron chi connectivity index (χ3n) is 3.11. The maximum absolute atomic E-state index is 6.04. The van der Waals surface area contributed by atoms with Gasteiger partial charge in [0, 0.05) is 11.7 Å². The SMILES string of the molecule is CN(C)C1CCCc2cccc(N)c21. The molecule has 0 saturated carbocycles. The molecule has 0 radical (unpaired) electrons. The zero-order valence-corrected chi connectivity index (χ0v) is 8.96. The summed E-state index contributed by atoms with van der Waals surface area (Å²) in [5, 5.41) is 0. The number of nitrogens with zero attached hydrogens (tertiary/aromatic N) is 1. The molecule has 0 fully saturated rings. The maximum atomic E-state index is 6.04. The standard InChI is InChI=1S/C12H18N2/c1-14(2)11-8-4-6-9-5-3-7-10(13)12(9)11/h3,5,7,11H,4,6,8,13H2,1-2H3. The highest BCUT2D eigenvalue weighted by molar-refractivity contribution is 5.53. The Morgan fingerprint density at radius 2 is 2.14 bits per heavy atom. The van der Waals surface area contributed by atoms with Crippen molar-refractivity contribution in [3.05, 3.63) is 29.3 Å². The summed E-state index contributed by atoms with van der Waals surface area (Å²) < 4.78 is 0. The van der Waals surface area contributed by atoms with Crippen molar-refractivity contribution >= 4 is 5.69 Å². The van der Waals surface area contributed by atoms with Crippen LogP contribution in [0.25, 0.3) is 0 Å². The number of hydrogen-bond acceptors (Lipinski definition) is 2. The third kappa shape index (κ3) is 1.50. The van der Waals surface area contributed by atoms with Gasteiger partial charge in [-0.25, -0.2) is 0 Å². The summed E-state index contributed by atoms with van der Waals surface area (Å²) in [5.41, 5.74) is 9.81. The van der Waals surface area contributed by atoms with Crippen LogP contribution in [-0.4, -0.2) is 19.0 Å². The fraction of sp³-hybridized carbons (Fsp3) is 0.500. The summed E-state index contributed by atoms with van der Waals surface area (Å²) in [6, 6.07) is 6.80. The molecule has 2 rings (SSSR count). The molecule has 1 aromatic carbocycles. The van der Waals surface area contributed by atoms with Crippen LogP contribution in [0.15, 0.2) is 18.2 Å². The van der Waals surface area contributed by atoms with Gasteiger partial charge in [0.05, 0.1) is 0 Å². The van der Waals surface area contributed by atoms with Crippen molar-refractivity contribution in [1.82, 2.24) is 4.90 Å². The van der Waals surface area contributed by atoms with E-state index in [0.717, 1.165) is 5.69 Å². The molecule has 0 bridgehead atoms. The summed E-state index contributed by atoms with van der Waals surface area (Å²) in [6.45, 7) is 0. The second-order valence-corrected chi connectivity index (χ2v) is 4.29. The van der Waals surface area contributed by atoms with Gasteiger partial charge in [-0.15, -0.1) is 0 Å². The molecule has 2 heteroatoms. The van der Waals surface area contributed by atoms with E-state index in [0.29, 0.717) is 6.04 Å². The monoisotopic (exact) mass is 190 g/mol. The number of rotatable bonds is 1. The van der Waals surface area contributed by atoms with E-state index in [1.807, 2.05) is 6.07 Å². The van der Waals surface area contributed by atoms with Gasteiger partial charge in [-0.3, -0.25) is 0 Å². The largest absolute Gasteiger partial charge is 0.398 e. The second kappa shape index (κ2) is 3.62. The number of hydrogen-bond donors (Lipinski definition) is 1. The third-order valence-corrected chi connectivity index (χ3v) is 3.11. The van der Waals surface area contributed by atoms with Crippen LogP contribution >= 0.6 is 0 Å². The van der Waals surface area contributed by atoms with Crippen molar-refractivity contribution in [1.29, 1.82) is 0 Å². The Hall–Kier alpha value is -1.02. The summed E-state index contributed by atoms with van der Waals surface area (Å²) in [5.74, 6) is 0. The topological polar surface area (TPSA) is 29.3 Å². The molecular weight excluding hydrogens is 172 g/mol. The fourth-order valence-corrected chi connectivity index (χ4v) is 2.40. The average Bonchev–Trinajstić information content (AvgIpc) is 2.17. The molecule has 2 N–H and O–H groups in total. The maximum Gasteiger partial charge on any atom is 0.0365 e. The van der Waals surface area contributed by atoms with Gasteiger partial charge in [0.25, 0.3) is 0 Å². The van der Waals surface area contributed by atoms with E-state index in [2.05, 4.69) is 31.1 Å². The molecule has 1 atom stereocenters. The smallest absolute Gasteiger partial charge is 0.0365 e. The number of nitrogens with two attached hydrogens (primary N) is 1. The lowest BCUT2D eigenvalue weighted by Crippen LogP contribution is -2.25. The van der Waals surface area contributed by atoms with E-state index in [1.165, 1.54) is 30.4 Å². The van der Waals surface area contributed by atoms with Gasteiger partial charge < -0.3 is 10.6 Å². The van der Waals surface area contributed by atoms with E-state index >= 15 is 0 Å². The van der Waals surface area contributed by atoms with Gasteiger partial charge in [0.1, 0.15) is 0 Å². The molecule has 1 aliphatic rings. The van der Waals surface area contributed by atoms with E-state index in [-0.39, 0.29) is 0 Å². The molecule has 0 spiro atoms. The van der Waals surface area contributed by atoms with Crippen molar-refractivity contribution in [3.8, 4) is 0 Å². The summed E-state index contributed by atoms with van der Waals surface area (Å²) in [7, 11) is 4.26. The quantitative estimate of drug-likeness (QED) is 0.688. The van der Waals surface area contributed by atoms with Gasteiger partial charge in [-0.1, -0.05) is 12.1 Å². The molecule has 0 aromatic heterocycles. The minimum absolute atomic E-state index is 0.514.